The molecular weight excluding hydrogens is 547 g/mol. The van der Waals surface area contributed by atoms with E-state index in [1.807, 2.05) is 12.1 Å². The van der Waals surface area contributed by atoms with Gasteiger partial charge in [-0.1, -0.05) is 11.3 Å². The van der Waals surface area contributed by atoms with Crippen LogP contribution in [0.15, 0.2) is 35.4 Å². The van der Waals surface area contributed by atoms with Crippen LogP contribution in [0.5, 0.6) is 5.06 Å². The summed E-state index contributed by atoms with van der Waals surface area (Å²) in [5.41, 5.74) is 1.92. The Bertz CT molecular complexity index is 1350. The molecule has 3 fully saturated rings. The van der Waals surface area contributed by atoms with E-state index in [4.69, 9.17) is 4.74 Å². The second-order valence-electron chi connectivity index (χ2n) is 10.4. The molecule has 0 radical (unpaired) electrons. The zero-order valence-corrected chi connectivity index (χ0v) is 23.4. The molecule has 1 atom stereocenters. The molecule has 0 spiro atoms. The van der Waals surface area contributed by atoms with Gasteiger partial charge < -0.3 is 24.4 Å². The van der Waals surface area contributed by atoms with Crippen LogP contribution in [-0.2, 0) is 17.4 Å². The number of thiophene rings is 1. The first kappa shape index (κ1) is 26.7. The minimum absolute atomic E-state index is 0.0261. The number of nitrogens with one attached hydrogen (secondary N) is 1. The topological polar surface area (TPSA) is 76.6 Å². The van der Waals surface area contributed by atoms with Crippen molar-refractivity contribution in [1.29, 1.82) is 0 Å². The minimum atomic E-state index is -4.65. The molecule has 1 saturated heterocycles. The number of hydrogen-bond donors (Lipinski definition) is 1. The monoisotopic (exact) mass is 577 g/mol. The second-order valence-corrected chi connectivity index (χ2v) is 12.8. The van der Waals surface area contributed by atoms with Crippen LogP contribution in [0, 0.1) is 0 Å². The molecule has 2 aliphatic carbocycles. The molecule has 3 aliphatic rings. The van der Waals surface area contributed by atoms with E-state index in [9.17, 15) is 17.7 Å². The predicted molar refractivity (Wildman–Crippen MR) is 148 cm³/mol. The third kappa shape index (κ3) is 5.98. The molecule has 3 heterocycles. The molecule has 3 aromatic rings. The van der Waals surface area contributed by atoms with Gasteiger partial charge in [0.05, 0.1) is 10.6 Å². The van der Waals surface area contributed by atoms with E-state index < -0.39 is 22.9 Å². The van der Waals surface area contributed by atoms with E-state index >= 15 is 0 Å². The van der Waals surface area contributed by atoms with Crippen LogP contribution < -0.4 is 15.0 Å². The van der Waals surface area contributed by atoms with Crippen molar-refractivity contribution >= 4 is 39.8 Å². The van der Waals surface area contributed by atoms with E-state index in [0.717, 1.165) is 86.3 Å². The summed E-state index contributed by atoms with van der Waals surface area (Å²) in [5, 5.41) is 3.60. The summed E-state index contributed by atoms with van der Waals surface area (Å²) in [4.78, 5) is 13.7. The third-order valence-corrected chi connectivity index (χ3v) is 9.35. The lowest BCUT2D eigenvalue weighted by Crippen LogP contribution is -2.44. The van der Waals surface area contributed by atoms with E-state index in [0.29, 0.717) is 15.9 Å². The summed E-state index contributed by atoms with van der Waals surface area (Å²) in [6, 6.07) is 7.72. The van der Waals surface area contributed by atoms with Gasteiger partial charge in [0.25, 0.3) is 0 Å². The Morgan fingerprint density at radius 3 is 2.49 bits per heavy atom. The molecule has 39 heavy (non-hydrogen) atoms. The Morgan fingerprint density at radius 2 is 1.85 bits per heavy atom. The number of rotatable bonds is 8. The molecular formula is C27H30F3N5O2S2. The highest BCUT2D eigenvalue weighted by Gasteiger charge is 2.37. The number of ether oxygens (including phenoxy) is 1. The van der Waals surface area contributed by atoms with Crippen LogP contribution in [-0.4, -0.2) is 65.0 Å². The zero-order chi connectivity index (χ0) is 27.3. The minimum Gasteiger partial charge on any atom is -0.612 e. The maximum Gasteiger partial charge on any atom is 0.420 e. The number of piperazine rings is 1. The lowest BCUT2D eigenvalue weighted by molar-refractivity contribution is -0.137. The molecule has 6 rings (SSSR count). The summed E-state index contributed by atoms with van der Waals surface area (Å²) in [6.45, 7) is 3.92. The largest absolute Gasteiger partial charge is 0.612 e. The molecule has 1 unspecified atom stereocenters. The van der Waals surface area contributed by atoms with Gasteiger partial charge in [0, 0.05) is 49.8 Å². The number of likely N-dealkylation sites (N-methyl/N-ethyl adjacent to an activating group) is 1. The van der Waals surface area contributed by atoms with Gasteiger partial charge in [0.15, 0.2) is 0 Å². The highest BCUT2D eigenvalue weighted by Crippen LogP contribution is 2.47. The SMILES string of the molecule is CN1CCN(c2ccc(Nc3ncc(C(F)(F)F)c(-c4cc([S+](C)[O-])c(OC5CC5)s4)n3)c(C3CC3)c2)CC1. The third-order valence-electron chi connectivity index (χ3n) is 7.27. The van der Waals surface area contributed by atoms with Crippen molar-refractivity contribution in [1.82, 2.24) is 14.9 Å². The van der Waals surface area contributed by atoms with Crippen molar-refractivity contribution in [3.05, 3.63) is 41.6 Å². The smallest absolute Gasteiger partial charge is 0.420 e. The maximum atomic E-state index is 14.0. The van der Waals surface area contributed by atoms with Gasteiger partial charge in [-0.05, 0) is 73.6 Å². The van der Waals surface area contributed by atoms with Crippen LogP contribution in [0.1, 0.15) is 42.7 Å². The van der Waals surface area contributed by atoms with Gasteiger partial charge in [-0.25, -0.2) is 9.97 Å². The number of alkyl halides is 3. The van der Waals surface area contributed by atoms with Crippen LogP contribution in [0.3, 0.4) is 0 Å². The quantitative estimate of drug-likeness (QED) is 0.336. The van der Waals surface area contributed by atoms with E-state index in [2.05, 4.69) is 38.2 Å². The first-order valence-electron chi connectivity index (χ1n) is 13.1. The molecule has 208 valence electrons. The number of nitrogens with zero attached hydrogens (tertiary/aromatic N) is 4. The predicted octanol–water partition coefficient (Wildman–Crippen LogP) is 5.88. The van der Waals surface area contributed by atoms with Crippen LogP contribution in [0.4, 0.5) is 30.5 Å². The Balaban J connectivity index is 1.33. The average molecular weight is 578 g/mol. The number of halogens is 3. The van der Waals surface area contributed by atoms with Gasteiger partial charge in [0.1, 0.15) is 17.9 Å². The van der Waals surface area contributed by atoms with E-state index in [1.54, 1.807) is 0 Å². The maximum absolute atomic E-state index is 14.0. The standard InChI is InChI=1S/C27H30F3N5O2S2/c1-34-9-11-35(12-10-34)17-5-8-21(19(13-17)16-3-4-16)32-26-31-15-20(27(28,29)30)24(33-26)22-14-23(39(2)36)25(38-22)37-18-6-7-18/h5,8,13-16,18H,3-4,6-7,9-12H2,1-2H3,(H,31,32,33). The average Bonchev–Trinajstić information content (AvgIpc) is 3.83. The lowest BCUT2D eigenvalue weighted by atomic mass is 10.1. The van der Waals surface area contributed by atoms with Gasteiger partial charge in [-0.2, -0.15) is 13.2 Å². The van der Waals surface area contributed by atoms with E-state index in [1.165, 1.54) is 12.3 Å². The normalized spacial score (nSPS) is 19.3. The molecule has 1 N–H and O–H groups in total. The fourth-order valence-electron chi connectivity index (χ4n) is 4.71. The van der Waals surface area contributed by atoms with Crippen molar-refractivity contribution < 1.29 is 22.5 Å². The van der Waals surface area contributed by atoms with Crippen molar-refractivity contribution in [2.45, 2.75) is 48.8 Å². The number of anilines is 3. The summed E-state index contributed by atoms with van der Waals surface area (Å²) in [7, 11) is 2.12. The Morgan fingerprint density at radius 1 is 1.10 bits per heavy atom. The molecule has 12 heteroatoms. The molecule has 0 amide bonds. The fraction of sp³-hybridized carbons (Fsp3) is 0.481. The van der Waals surface area contributed by atoms with Crippen molar-refractivity contribution in [2.24, 2.45) is 0 Å². The van der Waals surface area contributed by atoms with Crippen molar-refractivity contribution in [2.75, 3.05) is 49.7 Å². The summed E-state index contributed by atoms with van der Waals surface area (Å²) >= 11 is -0.368. The number of benzene rings is 1. The number of hydrogen-bond acceptors (Lipinski definition) is 8. The van der Waals surface area contributed by atoms with Crippen LogP contribution in [0.2, 0.25) is 0 Å². The lowest BCUT2D eigenvalue weighted by Gasteiger charge is -2.34. The first-order valence-corrected chi connectivity index (χ1v) is 15.5. The Hall–Kier alpha value is -2.54. The number of aromatic nitrogens is 2. The highest BCUT2D eigenvalue weighted by molar-refractivity contribution is 7.91. The van der Waals surface area contributed by atoms with Gasteiger partial charge in [0.2, 0.25) is 15.9 Å². The van der Waals surface area contributed by atoms with Crippen molar-refractivity contribution in [3.8, 4) is 15.6 Å². The molecule has 1 aromatic carbocycles. The molecule has 1 aliphatic heterocycles. The van der Waals surface area contributed by atoms with Crippen LogP contribution >= 0.6 is 11.3 Å². The van der Waals surface area contributed by atoms with Crippen molar-refractivity contribution in [3.63, 3.8) is 0 Å². The Labute approximate surface area is 232 Å². The molecule has 2 saturated carbocycles. The van der Waals surface area contributed by atoms with Gasteiger partial charge in [-0.15, -0.1) is 0 Å². The first-order chi connectivity index (χ1) is 18.7. The van der Waals surface area contributed by atoms with Gasteiger partial charge in [-0.3, -0.25) is 0 Å². The fourth-order valence-corrected chi connectivity index (χ4v) is 6.80. The highest BCUT2D eigenvalue weighted by atomic mass is 32.2. The Kier molecular flexibility index (Phi) is 7.15. The van der Waals surface area contributed by atoms with E-state index in [-0.39, 0.29) is 22.6 Å². The zero-order valence-electron chi connectivity index (χ0n) is 21.8. The second kappa shape index (κ2) is 10.5. The summed E-state index contributed by atoms with van der Waals surface area (Å²) < 4.78 is 60.2. The molecule has 2 aromatic heterocycles. The van der Waals surface area contributed by atoms with Crippen LogP contribution in [0.25, 0.3) is 10.6 Å². The van der Waals surface area contributed by atoms with Gasteiger partial charge >= 0.3 is 6.18 Å². The molecule has 7 nitrogen and oxygen atoms in total. The summed E-state index contributed by atoms with van der Waals surface area (Å²) in [5.74, 6) is 0.500. The molecule has 0 bridgehead atoms. The summed E-state index contributed by atoms with van der Waals surface area (Å²) in [6.07, 6.45) is 1.62.